The number of amides is 2. The van der Waals surface area contributed by atoms with E-state index in [1.54, 1.807) is 12.2 Å². The van der Waals surface area contributed by atoms with Crippen molar-refractivity contribution in [3.63, 3.8) is 0 Å². The Labute approximate surface area is 289 Å². The number of anilines is 1. The Morgan fingerprint density at radius 1 is 1.20 bits per heavy atom. The minimum Gasteiger partial charge on any atom is -0.543 e. The van der Waals surface area contributed by atoms with E-state index in [-0.39, 0.29) is 16.6 Å². The van der Waals surface area contributed by atoms with Gasteiger partial charge in [-0.15, -0.1) is 23.1 Å². The second-order valence-corrected chi connectivity index (χ2v) is 12.9. The average Bonchev–Trinajstić information content (AvgIpc) is 3.54. The number of halogens is 1. The van der Waals surface area contributed by atoms with Crippen molar-refractivity contribution in [2.75, 3.05) is 11.5 Å². The summed E-state index contributed by atoms with van der Waals surface area (Å²) in [5.74, 6) is -8.68. The van der Waals surface area contributed by atoms with Crippen LogP contribution in [0.15, 0.2) is 88.8 Å². The fourth-order valence-corrected chi connectivity index (χ4v) is 7.42. The molecule has 0 radical (unpaired) electrons. The van der Waals surface area contributed by atoms with Gasteiger partial charge in [0.05, 0.1) is 17.2 Å². The second-order valence-electron chi connectivity index (χ2n) is 10.9. The zero-order valence-electron chi connectivity index (χ0n) is 25.4. The van der Waals surface area contributed by atoms with Crippen molar-refractivity contribution in [1.82, 2.24) is 15.2 Å². The van der Waals surface area contributed by atoms with Gasteiger partial charge in [0.15, 0.2) is 41.4 Å². The van der Waals surface area contributed by atoms with Crippen LogP contribution < -0.4 is 20.7 Å². The van der Waals surface area contributed by atoms with Gasteiger partial charge in [-0.1, -0.05) is 29.4 Å². The number of fused-ring (bicyclic) bond motifs is 2. The highest BCUT2D eigenvalue weighted by Gasteiger charge is 2.53. The number of allylic oxidation sites excluding steroid dienone is 2. The average molecular weight is 721 g/mol. The normalized spacial score (nSPS) is 18.6. The van der Waals surface area contributed by atoms with Crippen molar-refractivity contribution in [1.29, 1.82) is 0 Å². The summed E-state index contributed by atoms with van der Waals surface area (Å²) in [5.41, 5.74) is 1.78. The van der Waals surface area contributed by atoms with E-state index in [1.807, 2.05) is 47.3 Å². The van der Waals surface area contributed by atoms with Crippen LogP contribution in [0.1, 0.15) is 11.3 Å². The van der Waals surface area contributed by atoms with Crippen LogP contribution in [0.25, 0.3) is 10.8 Å². The number of aliphatic carboxylic acids is 2. The van der Waals surface area contributed by atoms with Gasteiger partial charge in [-0.2, -0.15) is 0 Å². The second kappa shape index (κ2) is 13.5. The molecule has 4 aromatic rings. The van der Waals surface area contributed by atoms with Crippen LogP contribution in [0, 0.1) is 5.82 Å². The highest BCUT2D eigenvalue weighted by atomic mass is 32.2. The number of nitrogen functional groups attached to an aromatic ring is 1. The molecule has 1 fully saturated rings. The molecule has 2 aromatic heterocycles. The number of benzene rings is 2. The summed E-state index contributed by atoms with van der Waals surface area (Å²) in [6.45, 7) is 0.428. The first kappa shape index (κ1) is 33.9. The number of nitrogens with two attached hydrogens (primary N) is 1. The zero-order chi connectivity index (χ0) is 35.7. The summed E-state index contributed by atoms with van der Waals surface area (Å²) < 4.78 is 15.8. The molecular formula is C32H25FN6O9S2. The number of nitrogens with zero attached hydrogens (tertiary/aromatic N) is 4. The number of aromatic hydroxyl groups is 2. The number of β-lactam (4-membered cyclic amide) rings is 1. The Balaban J connectivity index is 1.16. The topological polar surface area (TPSA) is 232 Å². The highest BCUT2D eigenvalue weighted by molar-refractivity contribution is 8.00. The largest absolute Gasteiger partial charge is 0.543 e. The lowest BCUT2D eigenvalue weighted by Gasteiger charge is -2.50. The van der Waals surface area contributed by atoms with E-state index in [0.717, 1.165) is 38.5 Å². The molecule has 0 saturated carbocycles. The molecule has 2 aliphatic heterocycles. The Bertz CT molecular complexity index is 2160. The van der Waals surface area contributed by atoms with E-state index in [9.17, 15) is 44.0 Å². The summed E-state index contributed by atoms with van der Waals surface area (Å²) in [5, 5.41) is 50.9. The van der Waals surface area contributed by atoms with Crippen LogP contribution in [0.3, 0.4) is 0 Å². The van der Waals surface area contributed by atoms with E-state index in [1.165, 1.54) is 11.8 Å². The fraction of sp³-hybridized carbons (Fsp3) is 0.156. The predicted octanol–water partition coefficient (Wildman–Crippen LogP) is 0.707. The quantitative estimate of drug-likeness (QED) is 0.0474. The predicted molar refractivity (Wildman–Crippen MR) is 175 cm³/mol. The first-order valence-electron chi connectivity index (χ1n) is 14.5. The van der Waals surface area contributed by atoms with Crippen molar-refractivity contribution < 1.29 is 53.4 Å². The van der Waals surface area contributed by atoms with Gasteiger partial charge in [-0.3, -0.25) is 14.5 Å². The number of nitrogens with one attached hydrogen (secondary N) is 1. The fourth-order valence-electron chi connectivity index (χ4n) is 5.50. The number of carbonyl (C=O) groups is 4. The number of thioether (sulfide) groups is 1. The molecule has 0 bridgehead atoms. The SMILES string of the molecule is Nc1nc(C(ON=CC(=O)NC2C(=O)N3C(C(=O)[O-])=C(C=CC[n+]4ccc5ccccc5c4)CSC23)(C(=O)O)c2ccc(F)c(O)c2O)cs1. The Morgan fingerprint density at radius 2 is 1.96 bits per heavy atom. The van der Waals surface area contributed by atoms with Crippen molar-refractivity contribution in [2.45, 2.75) is 23.6 Å². The van der Waals surface area contributed by atoms with Gasteiger partial charge < -0.3 is 41.1 Å². The molecule has 6 rings (SSSR count). The van der Waals surface area contributed by atoms with Gasteiger partial charge in [-0.25, -0.2) is 18.7 Å². The number of thiazole rings is 1. The van der Waals surface area contributed by atoms with E-state index in [2.05, 4.69) is 15.5 Å². The third-order valence-corrected chi connectivity index (χ3v) is 9.87. The maximum absolute atomic E-state index is 13.9. The number of hydrogen-bond donors (Lipinski definition) is 5. The molecule has 256 valence electrons. The number of oxime groups is 1. The smallest absolute Gasteiger partial charge is 0.362 e. The van der Waals surface area contributed by atoms with Crippen molar-refractivity contribution in [3.8, 4) is 11.5 Å². The number of carboxylic acids is 2. The van der Waals surface area contributed by atoms with E-state index >= 15 is 0 Å². The van der Waals surface area contributed by atoms with Crippen LogP contribution >= 0.6 is 23.1 Å². The Hall–Kier alpha value is -6.01. The van der Waals surface area contributed by atoms with Crippen molar-refractivity contribution in [3.05, 3.63) is 101 Å². The van der Waals surface area contributed by atoms with Crippen LogP contribution in [0.2, 0.25) is 0 Å². The molecule has 6 N–H and O–H groups in total. The number of phenols is 2. The lowest BCUT2D eigenvalue weighted by Crippen LogP contribution is -2.71. The molecule has 0 aliphatic carbocycles. The molecule has 0 spiro atoms. The Kier molecular flexibility index (Phi) is 9.13. The first-order chi connectivity index (χ1) is 23.9. The molecule has 15 nitrogen and oxygen atoms in total. The van der Waals surface area contributed by atoms with Gasteiger partial charge in [0.25, 0.3) is 11.8 Å². The zero-order valence-corrected chi connectivity index (χ0v) is 27.1. The Morgan fingerprint density at radius 3 is 2.66 bits per heavy atom. The molecule has 2 aliphatic rings. The number of aromatic nitrogens is 2. The molecule has 2 aromatic carbocycles. The van der Waals surface area contributed by atoms with Gasteiger partial charge in [0.2, 0.25) is 0 Å². The number of hydrogen-bond acceptors (Lipinski definition) is 13. The minimum atomic E-state index is -2.81. The lowest BCUT2D eigenvalue weighted by molar-refractivity contribution is -0.685. The van der Waals surface area contributed by atoms with Crippen LogP contribution in [-0.2, 0) is 36.2 Å². The van der Waals surface area contributed by atoms with Gasteiger partial charge >= 0.3 is 11.6 Å². The van der Waals surface area contributed by atoms with Gasteiger partial charge in [0, 0.05) is 22.6 Å². The molecular weight excluding hydrogens is 696 g/mol. The molecule has 4 heterocycles. The summed E-state index contributed by atoms with van der Waals surface area (Å²) in [7, 11) is 0. The number of rotatable bonds is 11. The van der Waals surface area contributed by atoms with Crippen molar-refractivity contribution in [2.24, 2.45) is 5.16 Å². The molecule has 3 atom stereocenters. The standard InChI is InChI=1S/C32H25FN6O9S2/c33-20-8-7-19(25(41)26(20)42)32(30(46)47,21-15-50-31(34)36-21)48-35-12-22(40)37-23-27(43)39-24(29(44)45)18(14-49-28(23)39)6-3-10-38-11-9-16-4-1-2-5-17(16)13-38/h1-9,11-13,15,23,28H,10,14H2,(H6-,34,35,36,37,40,41,42,44,45,46,47). The van der Waals surface area contributed by atoms with Crippen LogP contribution in [-0.4, -0.2) is 72.3 Å². The van der Waals surface area contributed by atoms with Crippen LogP contribution in [0.5, 0.6) is 11.5 Å². The number of carbonyl (C=O) groups excluding carboxylic acids is 3. The van der Waals surface area contributed by atoms with Gasteiger partial charge in [-0.05, 0) is 35.2 Å². The van der Waals surface area contributed by atoms with E-state index in [0.29, 0.717) is 24.4 Å². The maximum atomic E-state index is 13.9. The van der Waals surface area contributed by atoms with E-state index < -0.39 is 69.3 Å². The van der Waals surface area contributed by atoms with Crippen LogP contribution in [0.4, 0.5) is 9.52 Å². The van der Waals surface area contributed by atoms with E-state index in [4.69, 9.17) is 10.6 Å². The third kappa shape index (κ3) is 6.05. The van der Waals surface area contributed by atoms with Gasteiger partial charge in [0.1, 0.15) is 23.3 Å². The monoisotopic (exact) mass is 720 g/mol. The highest BCUT2D eigenvalue weighted by Crippen LogP contribution is 2.44. The minimum absolute atomic E-state index is 0.104. The molecule has 1 saturated heterocycles. The first-order valence-corrected chi connectivity index (χ1v) is 16.5. The maximum Gasteiger partial charge on any atom is 0.362 e. The lowest BCUT2D eigenvalue weighted by atomic mass is 9.89. The summed E-state index contributed by atoms with van der Waals surface area (Å²) in [6, 6.07) is 10.1. The molecule has 2 amide bonds. The number of pyridine rings is 1. The number of phenolic OH excluding ortho intramolecular Hbond substituents is 2. The molecule has 18 heteroatoms. The third-order valence-electron chi connectivity index (χ3n) is 7.90. The molecule has 50 heavy (non-hydrogen) atoms. The summed E-state index contributed by atoms with van der Waals surface area (Å²) >= 11 is 2.01. The summed E-state index contributed by atoms with van der Waals surface area (Å²) in [4.78, 5) is 60.8. The number of carboxylic acid groups (broad SMARTS) is 2. The molecule has 3 unspecified atom stereocenters. The summed E-state index contributed by atoms with van der Waals surface area (Å²) in [6.07, 6.45) is 7.72. The van der Waals surface area contributed by atoms with Crippen molar-refractivity contribution >= 4 is 69.0 Å².